The highest BCUT2D eigenvalue weighted by Crippen LogP contribution is 2.11. The zero-order valence-electron chi connectivity index (χ0n) is 15.8. The van der Waals surface area contributed by atoms with Gasteiger partial charge < -0.3 is 15.0 Å². The summed E-state index contributed by atoms with van der Waals surface area (Å²) < 4.78 is 5.30. The van der Waals surface area contributed by atoms with Crippen molar-refractivity contribution in [2.45, 2.75) is 65.0 Å². The molecule has 136 valence electrons. The van der Waals surface area contributed by atoms with Gasteiger partial charge in [0, 0.05) is 12.1 Å². The van der Waals surface area contributed by atoms with Crippen LogP contribution < -0.4 is 5.32 Å². The Balaban J connectivity index is 2.23. The summed E-state index contributed by atoms with van der Waals surface area (Å²) in [6, 6.07) is 9.73. The lowest BCUT2D eigenvalue weighted by Crippen LogP contribution is -2.45. The van der Waals surface area contributed by atoms with Crippen LogP contribution in [0, 0.1) is 0 Å². The maximum absolute atomic E-state index is 12.0. The lowest BCUT2D eigenvalue weighted by atomic mass is 10.0. The summed E-state index contributed by atoms with van der Waals surface area (Å²) >= 11 is 0. The van der Waals surface area contributed by atoms with Crippen molar-refractivity contribution in [1.82, 2.24) is 10.2 Å². The normalized spacial score (nSPS) is 11.5. The van der Waals surface area contributed by atoms with Crippen molar-refractivity contribution in [2.24, 2.45) is 0 Å². The first kappa shape index (κ1) is 20.5. The Morgan fingerprint density at radius 1 is 1.12 bits per heavy atom. The van der Waals surface area contributed by atoms with Gasteiger partial charge in [0.25, 0.3) is 0 Å². The van der Waals surface area contributed by atoms with Gasteiger partial charge >= 0.3 is 6.09 Å². The second-order valence-electron chi connectivity index (χ2n) is 7.18. The van der Waals surface area contributed by atoms with Crippen molar-refractivity contribution >= 4 is 6.09 Å². The van der Waals surface area contributed by atoms with E-state index < -0.39 is 0 Å². The number of carbonyl (C=O) groups excluding carboxylic acids is 1. The second-order valence-corrected chi connectivity index (χ2v) is 7.18. The molecule has 0 spiro atoms. The molecule has 1 aromatic rings. The quantitative estimate of drug-likeness (QED) is 0.602. The third kappa shape index (κ3) is 9.56. The minimum Gasteiger partial charge on any atom is -0.445 e. The van der Waals surface area contributed by atoms with Gasteiger partial charge in [-0.2, -0.15) is 0 Å². The van der Waals surface area contributed by atoms with Crippen LogP contribution in [-0.2, 0) is 11.3 Å². The van der Waals surface area contributed by atoms with Crippen LogP contribution in [0.3, 0.4) is 0 Å². The molecular weight excluding hydrogens is 300 g/mol. The van der Waals surface area contributed by atoms with E-state index in [2.05, 4.69) is 24.2 Å². The van der Waals surface area contributed by atoms with Crippen LogP contribution >= 0.6 is 0 Å². The van der Waals surface area contributed by atoms with Gasteiger partial charge in [-0.1, -0.05) is 56.5 Å². The topological polar surface area (TPSA) is 41.6 Å². The molecule has 0 aromatic heterocycles. The van der Waals surface area contributed by atoms with E-state index in [0.29, 0.717) is 6.61 Å². The fraction of sp³-hybridized carbons (Fsp3) is 0.650. The minimum absolute atomic E-state index is 0.272. The van der Waals surface area contributed by atoms with Gasteiger partial charge in [-0.05, 0) is 45.8 Å². The molecule has 0 atom stereocenters. The van der Waals surface area contributed by atoms with Crippen LogP contribution in [0.5, 0.6) is 0 Å². The van der Waals surface area contributed by atoms with Crippen molar-refractivity contribution in [1.29, 1.82) is 0 Å². The van der Waals surface area contributed by atoms with E-state index in [1.807, 2.05) is 44.2 Å². The number of rotatable bonds is 11. The fourth-order valence-electron chi connectivity index (χ4n) is 2.49. The van der Waals surface area contributed by atoms with Gasteiger partial charge in [0.15, 0.2) is 0 Å². The fourth-order valence-corrected chi connectivity index (χ4v) is 2.49. The standard InChI is InChI=1S/C20H34N2O2/c1-5-6-7-11-15-22(4)16-14-20(2,3)21-19(23)24-17-18-12-9-8-10-13-18/h8-10,12-13H,5-7,11,14-17H2,1-4H3,(H,21,23). The Morgan fingerprint density at radius 2 is 1.83 bits per heavy atom. The van der Waals surface area contributed by atoms with Gasteiger partial charge in [0.1, 0.15) is 6.61 Å². The lowest BCUT2D eigenvalue weighted by Gasteiger charge is -2.28. The van der Waals surface area contributed by atoms with E-state index in [-0.39, 0.29) is 11.6 Å². The van der Waals surface area contributed by atoms with Crippen molar-refractivity contribution < 1.29 is 9.53 Å². The van der Waals surface area contributed by atoms with Crippen LogP contribution in [0.4, 0.5) is 4.79 Å². The van der Waals surface area contributed by atoms with Gasteiger partial charge in [-0.3, -0.25) is 0 Å². The van der Waals surface area contributed by atoms with Crippen molar-refractivity contribution in [3.05, 3.63) is 35.9 Å². The number of hydrogen-bond donors (Lipinski definition) is 1. The predicted octanol–water partition coefficient (Wildman–Crippen LogP) is 4.59. The molecule has 1 rings (SSSR count). The van der Waals surface area contributed by atoms with Crippen LogP contribution in [0.2, 0.25) is 0 Å². The molecule has 0 saturated heterocycles. The Morgan fingerprint density at radius 3 is 2.50 bits per heavy atom. The van der Waals surface area contributed by atoms with Crippen LogP contribution in [0.1, 0.15) is 58.4 Å². The number of ether oxygens (including phenoxy) is 1. The predicted molar refractivity (Wildman–Crippen MR) is 100 cm³/mol. The molecule has 0 radical (unpaired) electrons. The molecule has 0 heterocycles. The molecule has 1 aromatic carbocycles. The highest BCUT2D eigenvalue weighted by molar-refractivity contribution is 5.68. The Kier molecular flexibility index (Phi) is 9.46. The lowest BCUT2D eigenvalue weighted by molar-refractivity contribution is 0.126. The monoisotopic (exact) mass is 334 g/mol. The molecule has 24 heavy (non-hydrogen) atoms. The number of alkyl carbamates (subject to hydrolysis) is 1. The third-order valence-corrected chi connectivity index (χ3v) is 4.17. The highest BCUT2D eigenvalue weighted by atomic mass is 16.5. The van der Waals surface area contributed by atoms with E-state index in [9.17, 15) is 4.79 Å². The molecule has 4 heteroatoms. The van der Waals surface area contributed by atoms with Crippen LogP contribution in [-0.4, -0.2) is 36.7 Å². The number of unbranched alkanes of at least 4 members (excludes halogenated alkanes) is 3. The smallest absolute Gasteiger partial charge is 0.407 e. The van der Waals surface area contributed by atoms with Crippen molar-refractivity contribution in [3.8, 4) is 0 Å². The molecule has 0 bridgehead atoms. The summed E-state index contributed by atoms with van der Waals surface area (Å²) in [7, 11) is 2.15. The molecule has 0 fully saturated rings. The molecule has 0 unspecified atom stereocenters. The third-order valence-electron chi connectivity index (χ3n) is 4.17. The number of nitrogens with zero attached hydrogens (tertiary/aromatic N) is 1. The molecule has 0 aliphatic heterocycles. The number of benzene rings is 1. The molecule has 0 aliphatic rings. The molecule has 1 amide bonds. The summed E-state index contributed by atoms with van der Waals surface area (Å²) in [6.07, 6.45) is 5.68. The zero-order valence-corrected chi connectivity index (χ0v) is 15.8. The van der Waals surface area contributed by atoms with E-state index in [1.165, 1.54) is 25.7 Å². The first-order valence-electron chi connectivity index (χ1n) is 9.10. The molecule has 1 N–H and O–H groups in total. The minimum atomic E-state index is -0.352. The molecule has 0 aliphatic carbocycles. The van der Waals surface area contributed by atoms with Gasteiger partial charge in [0.2, 0.25) is 0 Å². The Bertz CT molecular complexity index is 460. The summed E-state index contributed by atoms with van der Waals surface area (Å²) in [5, 5.41) is 2.97. The first-order chi connectivity index (χ1) is 11.4. The molecule has 0 saturated carbocycles. The average Bonchev–Trinajstić information content (AvgIpc) is 2.56. The molecule has 4 nitrogen and oxygen atoms in total. The zero-order chi connectivity index (χ0) is 17.8. The van der Waals surface area contributed by atoms with Gasteiger partial charge in [-0.15, -0.1) is 0 Å². The van der Waals surface area contributed by atoms with Crippen molar-refractivity contribution in [3.63, 3.8) is 0 Å². The van der Waals surface area contributed by atoms with Crippen LogP contribution in [0.15, 0.2) is 30.3 Å². The Labute approximate surface area is 147 Å². The summed E-state index contributed by atoms with van der Waals surface area (Å²) in [4.78, 5) is 14.3. The number of nitrogens with one attached hydrogen (secondary N) is 1. The van der Waals surface area contributed by atoms with E-state index in [0.717, 1.165) is 25.1 Å². The largest absolute Gasteiger partial charge is 0.445 e. The van der Waals surface area contributed by atoms with E-state index in [1.54, 1.807) is 0 Å². The SMILES string of the molecule is CCCCCCN(C)CCC(C)(C)NC(=O)OCc1ccccc1. The number of hydrogen-bond acceptors (Lipinski definition) is 3. The van der Waals surface area contributed by atoms with Gasteiger partial charge in [0.05, 0.1) is 0 Å². The number of carbonyl (C=O) groups is 1. The van der Waals surface area contributed by atoms with Gasteiger partial charge in [-0.25, -0.2) is 4.79 Å². The molecular formula is C20H34N2O2. The average molecular weight is 335 g/mol. The highest BCUT2D eigenvalue weighted by Gasteiger charge is 2.21. The maximum Gasteiger partial charge on any atom is 0.407 e. The summed E-state index contributed by atoms with van der Waals surface area (Å²) in [5.74, 6) is 0. The second kappa shape index (κ2) is 11.1. The Hall–Kier alpha value is -1.55. The maximum atomic E-state index is 12.0. The summed E-state index contributed by atoms with van der Waals surface area (Å²) in [6.45, 7) is 8.71. The van der Waals surface area contributed by atoms with E-state index in [4.69, 9.17) is 4.74 Å². The van der Waals surface area contributed by atoms with Crippen LogP contribution in [0.25, 0.3) is 0 Å². The number of amides is 1. The summed E-state index contributed by atoms with van der Waals surface area (Å²) in [5.41, 5.74) is 0.725. The van der Waals surface area contributed by atoms with Crippen molar-refractivity contribution in [2.75, 3.05) is 20.1 Å². The van der Waals surface area contributed by atoms with E-state index >= 15 is 0 Å². The first-order valence-corrected chi connectivity index (χ1v) is 9.10.